The minimum absolute atomic E-state index is 0.747. The van der Waals surface area contributed by atoms with Crippen molar-refractivity contribution in [3.63, 3.8) is 0 Å². The summed E-state index contributed by atoms with van der Waals surface area (Å²) in [5.74, 6) is 0. The Bertz CT molecular complexity index is 394. The van der Waals surface area contributed by atoms with Crippen molar-refractivity contribution in [3.05, 3.63) is 15.6 Å². The first-order valence-corrected chi connectivity index (χ1v) is 8.86. The van der Waals surface area contributed by atoms with E-state index < -0.39 is 0 Å². The lowest BCUT2D eigenvalue weighted by atomic mass is 10.2. The van der Waals surface area contributed by atoms with Gasteiger partial charge < -0.3 is 10.2 Å². The van der Waals surface area contributed by atoms with Crippen LogP contribution in [0.15, 0.2) is 0 Å². The van der Waals surface area contributed by atoms with Crippen molar-refractivity contribution in [2.24, 2.45) is 0 Å². The second kappa shape index (κ2) is 8.11. The van der Waals surface area contributed by atoms with Crippen LogP contribution < -0.4 is 5.32 Å². The van der Waals surface area contributed by atoms with E-state index in [9.17, 15) is 0 Å². The molecule has 0 amide bonds. The molecule has 1 aliphatic rings. The monoisotopic (exact) mass is 295 g/mol. The fraction of sp³-hybridized carbons (Fsp3) is 0.812. The second-order valence-corrected chi connectivity index (χ2v) is 7.31. The van der Waals surface area contributed by atoms with Gasteiger partial charge in [0.15, 0.2) is 0 Å². The number of thiazole rings is 1. The van der Waals surface area contributed by atoms with E-state index >= 15 is 0 Å². The number of hydrogen-bond donors (Lipinski definition) is 1. The predicted octanol–water partition coefficient (Wildman–Crippen LogP) is 3.23. The molecule has 1 saturated carbocycles. The van der Waals surface area contributed by atoms with Gasteiger partial charge in [0.1, 0.15) is 0 Å². The van der Waals surface area contributed by atoms with E-state index in [0.717, 1.165) is 32.0 Å². The third kappa shape index (κ3) is 4.83. The third-order valence-corrected chi connectivity index (χ3v) is 5.15. The summed E-state index contributed by atoms with van der Waals surface area (Å²) in [7, 11) is 4.26. The lowest BCUT2D eigenvalue weighted by Crippen LogP contribution is -2.25. The summed E-state index contributed by atoms with van der Waals surface area (Å²) in [6.45, 7) is 4.36. The highest BCUT2D eigenvalue weighted by Crippen LogP contribution is 2.23. The molecule has 114 valence electrons. The second-order valence-electron chi connectivity index (χ2n) is 6.14. The minimum Gasteiger partial charge on any atom is -0.309 e. The van der Waals surface area contributed by atoms with Gasteiger partial charge in [0.25, 0.3) is 0 Å². The highest BCUT2D eigenvalue weighted by atomic mass is 32.1. The molecule has 0 radical (unpaired) electrons. The van der Waals surface area contributed by atoms with Gasteiger partial charge in [0.2, 0.25) is 0 Å². The zero-order chi connectivity index (χ0) is 14.4. The van der Waals surface area contributed by atoms with Gasteiger partial charge in [0.05, 0.1) is 10.7 Å². The van der Waals surface area contributed by atoms with Gasteiger partial charge in [-0.2, -0.15) is 0 Å². The Morgan fingerprint density at radius 3 is 2.65 bits per heavy atom. The molecule has 3 nitrogen and oxygen atoms in total. The summed E-state index contributed by atoms with van der Waals surface area (Å²) >= 11 is 1.92. The maximum Gasteiger partial charge on any atom is 0.0944 e. The van der Waals surface area contributed by atoms with Crippen molar-refractivity contribution in [1.29, 1.82) is 0 Å². The maximum absolute atomic E-state index is 4.87. The Morgan fingerprint density at radius 1 is 1.25 bits per heavy atom. The Kier molecular flexibility index (Phi) is 6.46. The van der Waals surface area contributed by atoms with Gasteiger partial charge in [0, 0.05) is 30.4 Å². The molecule has 2 rings (SSSR count). The molecule has 1 heterocycles. The quantitative estimate of drug-likeness (QED) is 0.798. The zero-order valence-corrected chi connectivity index (χ0v) is 14.1. The van der Waals surface area contributed by atoms with Crippen LogP contribution >= 0.6 is 11.3 Å². The fourth-order valence-corrected chi connectivity index (χ4v) is 3.85. The highest BCUT2D eigenvalue weighted by Gasteiger charge is 2.16. The summed E-state index contributed by atoms with van der Waals surface area (Å²) in [5, 5.41) is 5.05. The van der Waals surface area contributed by atoms with Crippen molar-refractivity contribution in [2.45, 2.75) is 64.5 Å². The molecule has 1 aromatic rings. The molecule has 0 saturated heterocycles. The summed E-state index contributed by atoms with van der Waals surface area (Å²) in [6.07, 6.45) is 8.91. The molecule has 0 bridgehead atoms. The number of nitrogens with one attached hydrogen (secondary N) is 1. The van der Waals surface area contributed by atoms with Crippen molar-refractivity contribution < 1.29 is 0 Å². The topological polar surface area (TPSA) is 28.2 Å². The zero-order valence-electron chi connectivity index (χ0n) is 13.2. The van der Waals surface area contributed by atoms with E-state index in [4.69, 9.17) is 4.98 Å². The van der Waals surface area contributed by atoms with Crippen molar-refractivity contribution in [1.82, 2.24) is 15.2 Å². The predicted molar refractivity (Wildman–Crippen MR) is 87.5 cm³/mol. The standard InChI is InChI=1S/C16H29N3S/c1-4-7-14-15(12-17-13-8-5-6-9-13)20-16(18-14)10-11-19(2)3/h13,17H,4-12H2,1-3H3. The summed E-state index contributed by atoms with van der Waals surface area (Å²) in [6, 6.07) is 0.747. The van der Waals surface area contributed by atoms with Crippen molar-refractivity contribution >= 4 is 11.3 Å². The molecule has 1 fully saturated rings. The van der Waals surface area contributed by atoms with Crippen LogP contribution in [0.4, 0.5) is 0 Å². The first-order valence-electron chi connectivity index (χ1n) is 8.04. The SMILES string of the molecule is CCCc1nc(CCN(C)C)sc1CNC1CCCC1. The van der Waals surface area contributed by atoms with Crippen LogP contribution in [0.5, 0.6) is 0 Å². The third-order valence-electron chi connectivity index (χ3n) is 3.99. The Morgan fingerprint density at radius 2 is 2.00 bits per heavy atom. The average Bonchev–Trinajstić information content (AvgIpc) is 3.04. The van der Waals surface area contributed by atoms with Crippen LogP contribution in [-0.2, 0) is 19.4 Å². The lowest BCUT2D eigenvalue weighted by Gasteiger charge is -2.11. The number of nitrogens with zero attached hydrogens (tertiary/aromatic N) is 2. The molecular formula is C16H29N3S. The van der Waals surface area contributed by atoms with E-state index in [1.165, 1.54) is 47.7 Å². The van der Waals surface area contributed by atoms with Crippen molar-refractivity contribution in [2.75, 3.05) is 20.6 Å². The van der Waals surface area contributed by atoms with Gasteiger partial charge in [-0.3, -0.25) is 0 Å². The molecule has 0 spiro atoms. The number of aromatic nitrogens is 1. The molecule has 1 aromatic heterocycles. The average molecular weight is 295 g/mol. The largest absolute Gasteiger partial charge is 0.309 e. The van der Waals surface area contributed by atoms with Crippen molar-refractivity contribution in [3.8, 4) is 0 Å². The summed E-state index contributed by atoms with van der Waals surface area (Å²) in [5.41, 5.74) is 1.34. The minimum atomic E-state index is 0.747. The van der Waals surface area contributed by atoms with Gasteiger partial charge in [-0.15, -0.1) is 11.3 Å². The number of rotatable bonds is 8. The molecular weight excluding hydrogens is 266 g/mol. The number of likely N-dealkylation sites (N-methyl/N-ethyl adjacent to an activating group) is 1. The fourth-order valence-electron chi connectivity index (χ4n) is 2.80. The molecule has 20 heavy (non-hydrogen) atoms. The summed E-state index contributed by atoms with van der Waals surface area (Å²) < 4.78 is 0. The summed E-state index contributed by atoms with van der Waals surface area (Å²) in [4.78, 5) is 8.58. The lowest BCUT2D eigenvalue weighted by molar-refractivity contribution is 0.413. The van der Waals surface area contributed by atoms with Crippen LogP contribution in [0.25, 0.3) is 0 Å². The molecule has 0 atom stereocenters. The smallest absolute Gasteiger partial charge is 0.0944 e. The van der Waals surface area contributed by atoms with Crippen LogP contribution in [0.2, 0.25) is 0 Å². The van der Waals surface area contributed by atoms with Crippen LogP contribution in [0.1, 0.15) is 54.6 Å². The van der Waals surface area contributed by atoms with Crippen LogP contribution in [0, 0.1) is 0 Å². The molecule has 0 unspecified atom stereocenters. The Hall–Kier alpha value is -0.450. The van der Waals surface area contributed by atoms with E-state index in [0.29, 0.717) is 0 Å². The first-order chi connectivity index (χ1) is 9.69. The van der Waals surface area contributed by atoms with E-state index in [1.807, 2.05) is 11.3 Å². The van der Waals surface area contributed by atoms with Crippen LogP contribution in [0.3, 0.4) is 0 Å². The van der Waals surface area contributed by atoms with Gasteiger partial charge in [-0.25, -0.2) is 4.98 Å². The van der Waals surface area contributed by atoms with E-state index in [-0.39, 0.29) is 0 Å². The molecule has 0 aliphatic heterocycles. The van der Waals surface area contributed by atoms with Gasteiger partial charge in [-0.05, 0) is 33.4 Å². The highest BCUT2D eigenvalue weighted by molar-refractivity contribution is 7.11. The van der Waals surface area contributed by atoms with Gasteiger partial charge >= 0.3 is 0 Å². The Balaban J connectivity index is 1.93. The van der Waals surface area contributed by atoms with Crippen LogP contribution in [-0.4, -0.2) is 36.6 Å². The first kappa shape index (κ1) is 15.9. The number of aryl methyl sites for hydroxylation is 1. The molecule has 0 aromatic carbocycles. The van der Waals surface area contributed by atoms with E-state index in [2.05, 4.69) is 31.2 Å². The van der Waals surface area contributed by atoms with E-state index in [1.54, 1.807) is 0 Å². The van der Waals surface area contributed by atoms with Gasteiger partial charge in [-0.1, -0.05) is 26.2 Å². The number of hydrogen-bond acceptors (Lipinski definition) is 4. The molecule has 1 N–H and O–H groups in total. The Labute approximate surface area is 127 Å². The maximum atomic E-state index is 4.87. The molecule has 1 aliphatic carbocycles. The molecule has 4 heteroatoms. The normalized spacial score (nSPS) is 16.4.